The first-order chi connectivity index (χ1) is 10.1. The summed E-state index contributed by atoms with van der Waals surface area (Å²) in [5.74, 6) is -0.182. The Morgan fingerprint density at radius 1 is 1.38 bits per heavy atom. The van der Waals surface area contributed by atoms with Gasteiger partial charge in [-0.2, -0.15) is 0 Å². The van der Waals surface area contributed by atoms with Crippen LogP contribution in [0.15, 0.2) is 24.3 Å². The van der Waals surface area contributed by atoms with Gasteiger partial charge >= 0.3 is 5.97 Å². The normalized spacial score (nSPS) is 18.1. The van der Waals surface area contributed by atoms with Crippen LogP contribution in [0.25, 0.3) is 6.08 Å². The Balaban J connectivity index is 1.56. The monoisotopic (exact) mass is 287 g/mol. The largest absolute Gasteiger partial charge is 0.493 e. The molecule has 1 amide bonds. The zero-order chi connectivity index (χ0) is 14.9. The number of amides is 1. The number of benzene rings is 1. The molecule has 1 fully saturated rings. The highest BCUT2D eigenvalue weighted by molar-refractivity contribution is 5.92. The molecule has 2 aliphatic rings. The van der Waals surface area contributed by atoms with Gasteiger partial charge in [0.15, 0.2) is 0 Å². The van der Waals surface area contributed by atoms with Crippen LogP contribution in [0.2, 0.25) is 0 Å². The maximum atomic E-state index is 11.7. The van der Waals surface area contributed by atoms with Crippen molar-refractivity contribution in [3.8, 4) is 5.75 Å². The van der Waals surface area contributed by atoms with Crippen molar-refractivity contribution in [2.24, 2.45) is 5.41 Å². The number of nitrogens with one attached hydrogen (secondary N) is 1. The Labute approximate surface area is 122 Å². The van der Waals surface area contributed by atoms with Gasteiger partial charge in [0.2, 0.25) is 5.91 Å². The number of carboxylic acid groups (broad SMARTS) is 1. The van der Waals surface area contributed by atoms with E-state index in [1.165, 1.54) is 6.08 Å². The summed E-state index contributed by atoms with van der Waals surface area (Å²) in [7, 11) is 0. The number of hydrogen-bond acceptors (Lipinski definition) is 3. The fourth-order valence-electron chi connectivity index (χ4n) is 2.41. The average Bonchev–Trinajstić information content (AvgIpc) is 3.13. The standard InChI is InChI=1S/C16H17NO4/c18-14(17-10-16(6-7-16)15(19)20)4-2-11-1-3-13-12(9-11)5-8-21-13/h1-4,9H,5-8,10H2,(H,17,18)(H,19,20)/b4-2+. The predicted octanol–water partition coefficient (Wildman–Crippen LogP) is 1.62. The van der Waals surface area contributed by atoms with Crippen LogP contribution in [0.3, 0.4) is 0 Å². The zero-order valence-corrected chi connectivity index (χ0v) is 11.6. The van der Waals surface area contributed by atoms with Crippen molar-refractivity contribution >= 4 is 18.0 Å². The van der Waals surface area contributed by atoms with E-state index in [0.717, 1.165) is 23.3 Å². The Morgan fingerprint density at radius 3 is 2.90 bits per heavy atom. The van der Waals surface area contributed by atoms with Crippen molar-refractivity contribution in [1.82, 2.24) is 5.32 Å². The second-order valence-electron chi connectivity index (χ2n) is 5.60. The van der Waals surface area contributed by atoms with E-state index in [-0.39, 0.29) is 12.5 Å². The molecular weight excluding hydrogens is 270 g/mol. The summed E-state index contributed by atoms with van der Waals surface area (Å²) in [6.07, 6.45) is 5.34. The highest BCUT2D eigenvalue weighted by atomic mass is 16.5. The number of carbonyl (C=O) groups excluding carboxylic acids is 1. The van der Waals surface area contributed by atoms with E-state index in [2.05, 4.69) is 5.32 Å². The van der Waals surface area contributed by atoms with Crippen molar-refractivity contribution < 1.29 is 19.4 Å². The van der Waals surface area contributed by atoms with Gasteiger partial charge < -0.3 is 15.2 Å². The summed E-state index contributed by atoms with van der Waals surface area (Å²) < 4.78 is 5.43. The van der Waals surface area contributed by atoms with Crippen LogP contribution in [0, 0.1) is 5.41 Å². The molecule has 5 heteroatoms. The summed E-state index contributed by atoms with van der Waals surface area (Å²) in [5.41, 5.74) is 1.36. The van der Waals surface area contributed by atoms with Crippen LogP contribution >= 0.6 is 0 Å². The smallest absolute Gasteiger partial charge is 0.311 e. The lowest BCUT2D eigenvalue weighted by atomic mass is 10.1. The van der Waals surface area contributed by atoms with Gasteiger partial charge in [-0.3, -0.25) is 9.59 Å². The third-order valence-electron chi connectivity index (χ3n) is 4.05. The molecule has 0 saturated heterocycles. The van der Waals surface area contributed by atoms with E-state index in [1.54, 1.807) is 6.08 Å². The Hall–Kier alpha value is -2.30. The Kier molecular flexibility index (Phi) is 3.41. The highest BCUT2D eigenvalue weighted by Gasteiger charge is 2.50. The molecule has 0 atom stereocenters. The molecule has 3 rings (SSSR count). The van der Waals surface area contributed by atoms with E-state index in [1.807, 2.05) is 18.2 Å². The quantitative estimate of drug-likeness (QED) is 0.807. The second-order valence-corrected chi connectivity index (χ2v) is 5.60. The van der Waals surface area contributed by atoms with Crippen LogP contribution in [0.1, 0.15) is 24.0 Å². The Morgan fingerprint density at radius 2 is 2.19 bits per heavy atom. The molecule has 2 N–H and O–H groups in total. The highest BCUT2D eigenvalue weighted by Crippen LogP contribution is 2.45. The van der Waals surface area contributed by atoms with Crippen LogP contribution in [0.5, 0.6) is 5.75 Å². The molecule has 0 unspecified atom stereocenters. The molecule has 0 aromatic heterocycles. The number of aliphatic carboxylic acids is 1. The van der Waals surface area contributed by atoms with Gasteiger partial charge in [-0.05, 0) is 42.2 Å². The number of rotatable bonds is 5. The van der Waals surface area contributed by atoms with Gasteiger partial charge in [0, 0.05) is 19.0 Å². The Bertz CT molecular complexity index is 617. The van der Waals surface area contributed by atoms with Crippen molar-refractivity contribution in [2.45, 2.75) is 19.3 Å². The van der Waals surface area contributed by atoms with Gasteiger partial charge in [-0.15, -0.1) is 0 Å². The van der Waals surface area contributed by atoms with Crippen molar-refractivity contribution in [3.63, 3.8) is 0 Å². The van der Waals surface area contributed by atoms with Crippen LogP contribution in [0.4, 0.5) is 0 Å². The fourth-order valence-corrected chi connectivity index (χ4v) is 2.41. The molecule has 1 aromatic rings. The van der Waals surface area contributed by atoms with Crippen molar-refractivity contribution in [1.29, 1.82) is 0 Å². The van der Waals surface area contributed by atoms with E-state index in [4.69, 9.17) is 9.84 Å². The summed E-state index contributed by atoms with van der Waals surface area (Å²) in [6.45, 7) is 0.907. The minimum atomic E-state index is -0.828. The molecule has 1 aliphatic heterocycles. The van der Waals surface area contributed by atoms with Gasteiger partial charge in [-0.25, -0.2) is 0 Å². The fraction of sp³-hybridized carbons (Fsp3) is 0.375. The summed E-state index contributed by atoms with van der Waals surface area (Å²) in [4.78, 5) is 22.7. The third kappa shape index (κ3) is 2.91. The van der Waals surface area contributed by atoms with Crippen LogP contribution in [-0.2, 0) is 16.0 Å². The molecule has 1 aliphatic carbocycles. The lowest BCUT2D eigenvalue weighted by molar-refractivity contribution is -0.143. The molecule has 21 heavy (non-hydrogen) atoms. The SMILES string of the molecule is O=C(/C=C/c1ccc2c(c1)CCO2)NCC1(C(=O)O)CC1. The van der Waals surface area contributed by atoms with Crippen LogP contribution in [-0.4, -0.2) is 30.1 Å². The number of fused-ring (bicyclic) bond motifs is 1. The minimum absolute atomic E-state index is 0.198. The predicted molar refractivity (Wildman–Crippen MR) is 77.0 cm³/mol. The van der Waals surface area contributed by atoms with E-state index >= 15 is 0 Å². The second kappa shape index (κ2) is 5.24. The van der Waals surface area contributed by atoms with Crippen molar-refractivity contribution in [2.75, 3.05) is 13.2 Å². The molecule has 0 bridgehead atoms. The lowest BCUT2D eigenvalue weighted by Gasteiger charge is -2.09. The molecule has 110 valence electrons. The maximum absolute atomic E-state index is 11.7. The molecule has 1 aromatic carbocycles. The van der Waals surface area contributed by atoms with Gasteiger partial charge in [0.05, 0.1) is 12.0 Å². The molecule has 1 saturated carbocycles. The number of ether oxygens (including phenoxy) is 1. The average molecular weight is 287 g/mol. The molecular formula is C16H17NO4. The van der Waals surface area contributed by atoms with E-state index in [9.17, 15) is 9.59 Å². The first-order valence-corrected chi connectivity index (χ1v) is 7.04. The minimum Gasteiger partial charge on any atom is -0.493 e. The zero-order valence-electron chi connectivity index (χ0n) is 11.6. The maximum Gasteiger partial charge on any atom is 0.311 e. The molecule has 5 nitrogen and oxygen atoms in total. The molecule has 0 radical (unpaired) electrons. The molecule has 1 heterocycles. The third-order valence-corrected chi connectivity index (χ3v) is 4.05. The van der Waals surface area contributed by atoms with Crippen molar-refractivity contribution in [3.05, 3.63) is 35.4 Å². The first-order valence-electron chi connectivity index (χ1n) is 7.04. The van der Waals surface area contributed by atoms with E-state index < -0.39 is 11.4 Å². The number of carboxylic acids is 1. The lowest BCUT2D eigenvalue weighted by Crippen LogP contribution is -2.33. The summed E-state index contributed by atoms with van der Waals surface area (Å²) >= 11 is 0. The van der Waals surface area contributed by atoms with Gasteiger partial charge in [0.1, 0.15) is 5.75 Å². The van der Waals surface area contributed by atoms with Gasteiger partial charge in [-0.1, -0.05) is 6.07 Å². The van der Waals surface area contributed by atoms with Crippen LogP contribution < -0.4 is 10.1 Å². The summed E-state index contributed by atoms with van der Waals surface area (Å²) in [5, 5.41) is 11.7. The first kappa shape index (κ1) is 13.7. The molecule has 0 spiro atoms. The van der Waals surface area contributed by atoms with Gasteiger partial charge in [0.25, 0.3) is 0 Å². The summed E-state index contributed by atoms with van der Waals surface area (Å²) in [6, 6.07) is 5.81. The van der Waals surface area contributed by atoms with E-state index in [0.29, 0.717) is 19.4 Å². The number of carbonyl (C=O) groups is 2. The number of hydrogen-bond donors (Lipinski definition) is 2. The topological polar surface area (TPSA) is 75.6 Å².